The van der Waals surface area contributed by atoms with Gasteiger partial charge in [-0.1, -0.05) is 35.3 Å². The van der Waals surface area contributed by atoms with Gasteiger partial charge in [-0.15, -0.1) is 0 Å². The molecule has 0 saturated heterocycles. The molecule has 14 heavy (non-hydrogen) atoms. The summed E-state index contributed by atoms with van der Waals surface area (Å²) in [4.78, 5) is 10.7. The van der Waals surface area contributed by atoms with Crippen LogP contribution < -0.4 is 0 Å². The smallest absolute Gasteiger partial charge is 0.307 e. The van der Waals surface area contributed by atoms with E-state index in [1.165, 1.54) is 0 Å². The fourth-order valence-electron chi connectivity index (χ4n) is 1.62. The first-order chi connectivity index (χ1) is 6.61. The summed E-state index contributed by atoms with van der Waals surface area (Å²) in [6, 6.07) is 5.33. The Morgan fingerprint density at radius 3 is 2.71 bits per heavy atom. The summed E-state index contributed by atoms with van der Waals surface area (Å²) in [7, 11) is 0. The molecule has 0 unspecified atom stereocenters. The van der Waals surface area contributed by atoms with Crippen molar-refractivity contribution in [2.45, 2.75) is 12.3 Å². The normalized spacial score (nSPS) is 24.7. The molecule has 0 bridgehead atoms. The lowest BCUT2D eigenvalue weighted by atomic mass is 10.1. The number of hydrogen-bond acceptors (Lipinski definition) is 1. The van der Waals surface area contributed by atoms with Gasteiger partial charge in [0.2, 0.25) is 0 Å². The summed E-state index contributed by atoms with van der Waals surface area (Å²) in [5.41, 5.74) is 0.853. The van der Waals surface area contributed by atoms with E-state index in [-0.39, 0.29) is 11.8 Å². The Morgan fingerprint density at radius 2 is 2.14 bits per heavy atom. The van der Waals surface area contributed by atoms with Crippen LogP contribution in [0.1, 0.15) is 17.9 Å². The number of hydrogen-bond donors (Lipinski definition) is 1. The number of rotatable bonds is 2. The van der Waals surface area contributed by atoms with E-state index in [0.29, 0.717) is 16.5 Å². The molecule has 2 atom stereocenters. The second-order valence-corrected chi connectivity index (χ2v) is 4.22. The SMILES string of the molecule is O=C(O)[C@@H]1C[C@@H]1c1cccc(Cl)c1Cl. The predicted molar refractivity (Wildman–Crippen MR) is 54.9 cm³/mol. The number of carbonyl (C=O) groups is 1. The maximum atomic E-state index is 10.7. The molecule has 0 aliphatic heterocycles. The first kappa shape index (κ1) is 9.81. The van der Waals surface area contributed by atoms with E-state index < -0.39 is 5.97 Å². The summed E-state index contributed by atoms with van der Waals surface area (Å²) in [5, 5.41) is 9.74. The Balaban J connectivity index is 2.27. The third-order valence-corrected chi connectivity index (χ3v) is 3.32. The first-order valence-corrected chi connectivity index (χ1v) is 5.03. The Bertz CT molecular complexity index is 390. The molecule has 1 fully saturated rings. The summed E-state index contributed by atoms with van der Waals surface area (Å²) in [5.74, 6) is -1.00. The number of carboxylic acids is 1. The van der Waals surface area contributed by atoms with Crippen LogP contribution >= 0.6 is 23.2 Å². The Morgan fingerprint density at radius 1 is 1.43 bits per heavy atom. The molecule has 1 aliphatic carbocycles. The van der Waals surface area contributed by atoms with Gasteiger partial charge in [0.05, 0.1) is 16.0 Å². The van der Waals surface area contributed by atoms with Gasteiger partial charge in [0.1, 0.15) is 0 Å². The quantitative estimate of drug-likeness (QED) is 0.848. The van der Waals surface area contributed by atoms with Crippen molar-refractivity contribution in [2.75, 3.05) is 0 Å². The van der Waals surface area contributed by atoms with Crippen molar-refractivity contribution >= 4 is 29.2 Å². The summed E-state index contributed by atoms with van der Waals surface area (Å²) < 4.78 is 0. The Labute approximate surface area is 91.4 Å². The zero-order chi connectivity index (χ0) is 10.3. The van der Waals surface area contributed by atoms with Crippen molar-refractivity contribution in [1.82, 2.24) is 0 Å². The number of aliphatic carboxylic acids is 1. The third-order valence-electron chi connectivity index (χ3n) is 2.49. The largest absolute Gasteiger partial charge is 0.481 e. The van der Waals surface area contributed by atoms with Crippen LogP contribution in [-0.2, 0) is 4.79 Å². The van der Waals surface area contributed by atoms with Crippen molar-refractivity contribution in [3.63, 3.8) is 0 Å². The number of halogens is 2. The zero-order valence-corrected chi connectivity index (χ0v) is 8.72. The summed E-state index contributed by atoms with van der Waals surface area (Å²) >= 11 is 11.8. The van der Waals surface area contributed by atoms with Gasteiger partial charge < -0.3 is 5.11 Å². The Hall–Kier alpha value is -0.730. The Kier molecular flexibility index (Phi) is 2.41. The van der Waals surface area contributed by atoms with E-state index >= 15 is 0 Å². The molecule has 0 heterocycles. The van der Waals surface area contributed by atoms with Gasteiger partial charge in [0, 0.05) is 0 Å². The molecular weight excluding hydrogens is 223 g/mol. The van der Waals surface area contributed by atoms with E-state index in [1.54, 1.807) is 12.1 Å². The number of benzene rings is 1. The standard InChI is InChI=1S/C10H8Cl2O2/c11-8-3-1-2-5(9(8)12)6-4-7(6)10(13)14/h1-3,6-7H,4H2,(H,13,14)/t6-,7-/m1/s1. The highest BCUT2D eigenvalue weighted by Crippen LogP contribution is 2.50. The lowest BCUT2D eigenvalue weighted by Gasteiger charge is -2.03. The molecule has 1 N–H and O–H groups in total. The minimum atomic E-state index is -0.758. The van der Waals surface area contributed by atoms with Crippen LogP contribution in [0.2, 0.25) is 10.0 Å². The number of carboxylic acid groups (broad SMARTS) is 1. The van der Waals surface area contributed by atoms with Crippen molar-refractivity contribution in [3.8, 4) is 0 Å². The van der Waals surface area contributed by atoms with Gasteiger partial charge in [0.25, 0.3) is 0 Å². The molecule has 2 rings (SSSR count). The van der Waals surface area contributed by atoms with Crippen LogP contribution in [0, 0.1) is 5.92 Å². The van der Waals surface area contributed by atoms with Crippen molar-refractivity contribution in [3.05, 3.63) is 33.8 Å². The molecule has 0 radical (unpaired) electrons. The molecule has 1 aromatic rings. The van der Waals surface area contributed by atoms with Crippen molar-refractivity contribution in [1.29, 1.82) is 0 Å². The lowest BCUT2D eigenvalue weighted by Crippen LogP contribution is -1.99. The average Bonchev–Trinajstić information content (AvgIpc) is 2.89. The summed E-state index contributed by atoms with van der Waals surface area (Å²) in [6.07, 6.45) is 0.662. The molecule has 74 valence electrons. The minimum absolute atomic E-state index is 0.0405. The monoisotopic (exact) mass is 230 g/mol. The maximum absolute atomic E-state index is 10.7. The highest BCUT2D eigenvalue weighted by molar-refractivity contribution is 6.42. The van der Waals surface area contributed by atoms with Crippen LogP contribution in [0.15, 0.2) is 18.2 Å². The van der Waals surface area contributed by atoms with Gasteiger partial charge in [-0.05, 0) is 24.0 Å². The van der Waals surface area contributed by atoms with Crippen LogP contribution in [0.5, 0.6) is 0 Å². The van der Waals surface area contributed by atoms with E-state index in [4.69, 9.17) is 28.3 Å². The van der Waals surface area contributed by atoms with E-state index in [0.717, 1.165) is 5.56 Å². The van der Waals surface area contributed by atoms with Gasteiger partial charge in [-0.25, -0.2) is 0 Å². The molecule has 1 aliphatic rings. The topological polar surface area (TPSA) is 37.3 Å². The molecule has 0 spiro atoms. The second kappa shape index (κ2) is 3.44. The van der Waals surface area contributed by atoms with Crippen LogP contribution in [0.3, 0.4) is 0 Å². The van der Waals surface area contributed by atoms with Crippen molar-refractivity contribution in [2.24, 2.45) is 5.92 Å². The second-order valence-electron chi connectivity index (χ2n) is 3.43. The van der Waals surface area contributed by atoms with Crippen LogP contribution in [-0.4, -0.2) is 11.1 Å². The van der Waals surface area contributed by atoms with Gasteiger partial charge in [-0.2, -0.15) is 0 Å². The summed E-state index contributed by atoms with van der Waals surface area (Å²) in [6.45, 7) is 0. The first-order valence-electron chi connectivity index (χ1n) is 4.28. The molecule has 2 nitrogen and oxygen atoms in total. The van der Waals surface area contributed by atoms with Gasteiger partial charge in [0.15, 0.2) is 0 Å². The fourth-order valence-corrected chi connectivity index (χ4v) is 2.07. The molecule has 0 amide bonds. The lowest BCUT2D eigenvalue weighted by molar-refractivity contribution is -0.138. The predicted octanol–water partition coefficient (Wildman–Crippen LogP) is 3.18. The van der Waals surface area contributed by atoms with E-state index in [9.17, 15) is 4.79 Å². The van der Waals surface area contributed by atoms with Crippen molar-refractivity contribution < 1.29 is 9.90 Å². The van der Waals surface area contributed by atoms with Gasteiger partial charge >= 0.3 is 5.97 Å². The highest BCUT2D eigenvalue weighted by atomic mass is 35.5. The van der Waals surface area contributed by atoms with E-state index in [2.05, 4.69) is 0 Å². The average molecular weight is 231 g/mol. The minimum Gasteiger partial charge on any atom is -0.481 e. The maximum Gasteiger partial charge on any atom is 0.307 e. The molecule has 0 aromatic heterocycles. The van der Waals surface area contributed by atoms with E-state index in [1.807, 2.05) is 6.07 Å². The van der Waals surface area contributed by atoms with Crippen LogP contribution in [0.4, 0.5) is 0 Å². The zero-order valence-electron chi connectivity index (χ0n) is 7.21. The third kappa shape index (κ3) is 1.60. The van der Waals surface area contributed by atoms with Crippen LogP contribution in [0.25, 0.3) is 0 Å². The molecule has 1 saturated carbocycles. The highest BCUT2D eigenvalue weighted by Gasteiger charge is 2.45. The molecule has 4 heteroatoms. The molecule has 1 aromatic carbocycles. The fraction of sp³-hybridized carbons (Fsp3) is 0.300. The molecular formula is C10H8Cl2O2. The van der Waals surface area contributed by atoms with Gasteiger partial charge in [-0.3, -0.25) is 4.79 Å².